The van der Waals surface area contributed by atoms with Crippen LogP contribution in [0.4, 0.5) is 17.8 Å². The smallest absolute Gasteiger partial charge is 0.250 e. The van der Waals surface area contributed by atoms with Gasteiger partial charge in [-0.2, -0.15) is 20.1 Å². The lowest BCUT2D eigenvalue weighted by atomic mass is 10.1. The van der Waals surface area contributed by atoms with Crippen LogP contribution in [0.1, 0.15) is 44.1 Å². The zero-order chi connectivity index (χ0) is 20.1. The van der Waals surface area contributed by atoms with E-state index >= 15 is 0 Å². The molecule has 29 heavy (non-hydrogen) atoms. The van der Waals surface area contributed by atoms with Gasteiger partial charge in [0.1, 0.15) is 0 Å². The Balaban J connectivity index is 1.55. The summed E-state index contributed by atoms with van der Waals surface area (Å²) in [7, 11) is 0. The molecule has 0 amide bonds. The Morgan fingerprint density at radius 3 is 1.93 bits per heavy atom. The summed E-state index contributed by atoms with van der Waals surface area (Å²) in [4.78, 5) is 18.5. The molecule has 0 aliphatic carbocycles. The number of piperidine rings is 2. The van der Waals surface area contributed by atoms with E-state index in [-0.39, 0.29) is 0 Å². The molecule has 7 nitrogen and oxygen atoms in total. The molecule has 1 aromatic heterocycles. The molecule has 0 saturated carbocycles. The van der Waals surface area contributed by atoms with Crippen molar-refractivity contribution in [3.63, 3.8) is 0 Å². The standard InChI is InChI=1S/C20H25Cl2N7/c21-16-8-7-15(13-17(16)22)14-23-27-18-24-19(28-9-3-1-4-10-28)26-20(25-18)29-11-5-2-6-12-29/h7-8,13-14H,1-6,9-12H2,(H,24,25,26,27)/b23-14+. The molecule has 1 aromatic carbocycles. The number of hydrazone groups is 1. The third-order valence-corrected chi connectivity index (χ3v) is 5.95. The summed E-state index contributed by atoms with van der Waals surface area (Å²) in [6, 6.07) is 5.36. The van der Waals surface area contributed by atoms with Crippen LogP contribution in [0.2, 0.25) is 10.0 Å². The first-order valence-corrected chi connectivity index (χ1v) is 10.9. The second-order valence-corrected chi connectivity index (χ2v) is 8.21. The third kappa shape index (κ3) is 5.28. The maximum absolute atomic E-state index is 6.07. The van der Waals surface area contributed by atoms with Gasteiger partial charge in [0, 0.05) is 26.2 Å². The Bertz CT molecular complexity index is 826. The molecule has 3 heterocycles. The van der Waals surface area contributed by atoms with E-state index in [1.54, 1.807) is 18.3 Å². The van der Waals surface area contributed by atoms with Gasteiger partial charge in [0.15, 0.2) is 0 Å². The molecule has 0 unspecified atom stereocenters. The van der Waals surface area contributed by atoms with Gasteiger partial charge in [0.2, 0.25) is 17.8 Å². The highest BCUT2D eigenvalue weighted by atomic mass is 35.5. The summed E-state index contributed by atoms with van der Waals surface area (Å²) in [5.41, 5.74) is 3.81. The highest BCUT2D eigenvalue weighted by Crippen LogP contribution is 2.23. The maximum Gasteiger partial charge on any atom is 0.250 e. The minimum atomic E-state index is 0.456. The molecule has 9 heteroatoms. The van der Waals surface area contributed by atoms with Gasteiger partial charge in [-0.25, -0.2) is 5.43 Å². The van der Waals surface area contributed by atoms with E-state index in [2.05, 4.69) is 30.3 Å². The Morgan fingerprint density at radius 2 is 1.38 bits per heavy atom. The predicted molar refractivity (Wildman–Crippen MR) is 120 cm³/mol. The van der Waals surface area contributed by atoms with E-state index < -0.39 is 0 Å². The Kier molecular flexibility index (Phi) is 6.67. The predicted octanol–water partition coefficient (Wildman–Crippen LogP) is 4.61. The first-order chi connectivity index (χ1) is 14.2. The molecule has 0 bridgehead atoms. The fraction of sp³-hybridized carbons (Fsp3) is 0.500. The van der Waals surface area contributed by atoms with Gasteiger partial charge < -0.3 is 9.80 Å². The van der Waals surface area contributed by atoms with Crippen LogP contribution in [0.25, 0.3) is 0 Å². The van der Waals surface area contributed by atoms with Gasteiger partial charge in [0.05, 0.1) is 16.3 Å². The molecule has 2 aromatic rings. The summed E-state index contributed by atoms with van der Waals surface area (Å²) in [6.45, 7) is 3.93. The summed E-state index contributed by atoms with van der Waals surface area (Å²) in [5.74, 6) is 1.91. The lowest BCUT2D eigenvalue weighted by molar-refractivity contribution is 0.556. The average Bonchev–Trinajstić information content (AvgIpc) is 2.77. The fourth-order valence-electron chi connectivity index (χ4n) is 3.63. The van der Waals surface area contributed by atoms with Crippen LogP contribution >= 0.6 is 23.2 Å². The molecular formula is C20H25Cl2N7. The van der Waals surface area contributed by atoms with Crippen molar-refractivity contribution in [2.24, 2.45) is 5.10 Å². The number of halogens is 2. The van der Waals surface area contributed by atoms with Gasteiger partial charge in [-0.05, 0) is 56.2 Å². The number of benzene rings is 1. The highest BCUT2D eigenvalue weighted by Gasteiger charge is 2.20. The van der Waals surface area contributed by atoms with Crippen LogP contribution in [0.5, 0.6) is 0 Å². The molecule has 1 N–H and O–H groups in total. The number of hydrogen-bond donors (Lipinski definition) is 1. The fourth-order valence-corrected chi connectivity index (χ4v) is 3.94. The second kappa shape index (κ2) is 9.59. The summed E-state index contributed by atoms with van der Waals surface area (Å²) >= 11 is 12.0. The minimum Gasteiger partial charge on any atom is -0.341 e. The quantitative estimate of drug-likeness (QED) is 0.548. The van der Waals surface area contributed by atoms with Crippen molar-refractivity contribution in [1.82, 2.24) is 15.0 Å². The molecule has 0 spiro atoms. The largest absolute Gasteiger partial charge is 0.341 e. The lowest BCUT2D eigenvalue weighted by Gasteiger charge is -2.30. The number of rotatable bonds is 5. The molecule has 2 saturated heterocycles. The van der Waals surface area contributed by atoms with Crippen LogP contribution < -0.4 is 15.2 Å². The van der Waals surface area contributed by atoms with Crippen LogP contribution in [0, 0.1) is 0 Å². The molecule has 2 fully saturated rings. The van der Waals surface area contributed by atoms with E-state index in [1.807, 2.05) is 6.07 Å². The third-order valence-electron chi connectivity index (χ3n) is 5.21. The van der Waals surface area contributed by atoms with Crippen molar-refractivity contribution < 1.29 is 0 Å². The number of nitrogens with zero attached hydrogens (tertiary/aromatic N) is 6. The summed E-state index contributed by atoms with van der Waals surface area (Å²) in [6.07, 6.45) is 8.88. The minimum absolute atomic E-state index is 0.456. The van der Waals surface area contributed by atoms with E-state index in [4.69, 9.17) is 28.2 Å². The van der Waals surface area contributed by atoms with Crippen molar-refractivity contribution in [2.75, 3.05) is 41.4 Å². The lowest BCUT2D eigenvalue weighted by Crippen LogP contribution is -2.34. The van der Waals surface area contributed by atoms with Crippen molar-refractivity contribution in [1.29, 1.82) is 0 Å². The van der Waals surface area contributed by atoms with Crippen molar-refractivity contribution in [3.05, 3.63) is 33.8 Å². The molecule has 2 aliphatic heterocycles. The van der Waals surface area contributed by atoms with E-state index in [1.165, 1.54) is 38.5 Å². The number of hydrogen-bond acceptors (Lipinski definition) is 7. The normalized spacial score (nSPS) is 17.7. The first-order valence-electron chi connectivity index (χ1n) is 10.2. The monoisotopic (exact) mass is 433 g/mol. The summed E-state index contributed by atoms with van der Waals surface area (Å²) < 4.78 is 0. The zero-order valence-electron chi connectivity index (χ0n) is 16.3. The van der Waals surface area contributed by atoms with E-state index in [0.717, 1.165) is 43.6 Å². The molecular weight excluding hydrogens is 409 g/mol. The number of aromatic nitrogens is 3. The van der Waals surface area contributed by atoms with Gasteiger partial charge >= 0.3 is 0 Å². The SMILES string of the molecule is Clc1ccc(/C=N/Nc2nc(N3CCCCC3)nc(N3CCCCC3)n2)cc1Cl. The van der Waals surface area contributed by atoms with Crippen molar-refractivity contribution in [2.45, 2.75) is 38.5 Å². The van der Waals surface area contributed by atoms with Gasteiger partial charge in [-0.1, -0.05) is 29.3 Å². The van der Waals surface area contributed by atoms with Crippen LogP contribution in [0.15, 0.2) is 23.3 Å². The van der Waals surface area contributed by atoms with E-state index in [0.29, 0.717) is 16.0 Å². The number of nitrogens with one attached hydrogen (secondary N) is 1. The Morgan fingerprint density at radius 1 is 0.793 bits per heavy atom. The average molecular weight is 434 g/mol. The maximum atomic E-state index is 6.07. The van der Waals surface area contributed by atoms with Crippen molar-refractivity contribution >= 4 is 47.3 Å². The van der Waals surface area contributed by atoms with Gasteiger partial charge in [-0.15, -0.1) is 0 Å². The van der Waals surface area contributed by atoms with E-state index in [9.17, 15) is 0 Å². The Labute approximate surface area is 181 Å². The first kappa shape index (κ1) is 20.2. The highest BCUT2D eigenvalue weighted by molar-refractivity contribution is 6.42. The van der Waals surface area contributed by atoms with Crippen LogP contribution in [-0.4, -0.2) is 47.3 Å². The van der Waals surface area contributed by atoms with Crippen molar-refractivity contribution in [3.8, 4) is 0 Å². The van der Waals surface area contributed by atoms with Gasteiger partial charge in [0.25, 0.3) is 0 Å². The zero-order valence-corrected chi connectivity index (χ0v) is 17.8. The second-order valence-electron chi connectivity index (χ2n) is 7.40. The summed E-state index contributed by atoms with van der Waals surface area (Å²) in [5, 5.41) is 5.30. The molecule has 0 radical (unpaired) electrons. The molecule has 154 valence electrons. The van der Waals surface area contributed by atoms with Crippen LogP contribution in [-0.2, 0) is 0 Å². The molecule has 0 atom stereocenters. The molecule has 2 aliphatic rings. The Hall–Kier alpha value is -2.12. The van der Waals surface area contributed by atoms with Gasteiger partial charge in [-0.3, -0.25) is 0 Å². The topological polar surface area (TPSA) is 69.5 Å². The van der Waals surface area contributed by atoms with Crippen LogP contribution in [0.3, 0.4) is 0 Å². The molecule has 4 rings (SSSR count). The number of anilines is 3.